The van der Waals surface area contributed by atoms with Crippen LogP contribution >= 0.6 is 27.5 Å². The second-order valence-corrected chi connectivity index (χ2v) is 7.94. The first-order valence-electron chi connectivity index (χ1n) is 7.60. The molecule has 0 aliphatic heterocycles. The Hall–Kier alpha value is -1.32. The molecule has 0 aliphatic rings. The minimum Gasteiger partial charge on any atom is -0.325 e. The van der Waals surface area contributed by atoms with Crippen molar-refractivity contribution in [3.63, 3.8) is 0 Å². The number of anilines is 1. The lowest BCUT2D eigenvalue weighted by molar-refractivity contribution is -0.116. The Kier molecular flexibility index (Phi) is 5.88. The molecule has 0 fully saturated rings. The molecule has 0 atom stereocenters. The molecule has 2 nitrogen and oxygen atoms in total. The van der Waals surface area contributed by atoms with E-state index in [4.69, 9.17) is 11.6 Å². The zero-order valence-electron chi connectivity index (χ0n) is 13.6. The second kappa shape index (κ2) is 7.50. The van der Waals surface area contributed by atoms with Crippen molar-refractivity contribution in [3.8, 4) is 0 Å². The SMILES string of the molecule is CC(C)(C)c1ccc(CCC(=O)Nc2ccc(Br)cc2Cl)cc1. The molecule has 23 heavy (non-hydrogen) atoms. The summed E-state index contributed by atoms with van der Waals surface area (Å²) < 4.78 is 0.888. The summed E-state index contributed by atoms with van der Waals surface area (Å²) in [6.45, 7) is 6.58. The molecule has 0 aromatic heterocycles. The van der Waals surface area contributed by atoms with Gasteiger partial charge in [-0.2, -0.15) is 0 Å². The molecule has 122 valence electrons. The summed E-state index contributed by atoms with van der Waals surface area (Å²) in [7, 11) is 0. The van der Waals surface area contributed by atoms with Crippen molar-refractivity contribution in [2.24, 2.45) is 0 Å². The van der Waals surface area contributed by atoms with E-state index in [2.05, 4.69) is 66.3 Å². The Morgan fingerprint density at radius 1 is 1.13 bits per heavy atom. The fourth-order valence-corrected chi connectivity index (χ4v) is 2.95. The fourth-order valence-electron chi connectivity index (χ4n) is 2.23. The van der Waals surface area contributed by atoms with Crippen LogP contribution in [0.4, 0.5) is 5.69 Å². The summed E-state index contributed by atoms with van der Waals surface area (Å²) in [4.78, 5) is 12.1. The van der Waals surface area contributed by atoms with Gasteiger partial charge in [0.1, 0.15) is 0 Å². The van der Waals surface area contributed by atoms with E-state index in [1.165, 1.54) is 5.56 Å². The molecule has 0 radical (unpaired) electrons. The number of carbonyl (C=O) groups excluding carboxylic acids is 1. The maximum absolute atomic E-state index is 12.1. The first-order valence-corrected chi connectivity index (χ1v) is 8.77. The molecule has 0 aliphatic carbocycles. The minimum atomic E-state index is -0.0332. The number of hydrogen-bond acceptors (Lipinski definition) is 1. The van der Waals surface area contributed by atoms with Crippen molar-refractivity contribution in [1.29, 1.82) is 0 Å². The molecule has 2 rings (SSSR count). The molecular formula is C19H21BrClNO. The van der Waals surface area contributed by atoms with Gasteiger partial charge in [0.2, 0.25) is 5.91 Å². The molecular weight excluding hydrogens is 374 g/mol. The predicted molar refractivity (Wildman–Crippen MR) is 101 cm³/mol. The third kappa shape index (κ3) is 5.36. The van der Waals surface area contributed by atoms with Crippen LogP contribution in [0.5, 0.6) is 0 Å². The number of rotatable bonds is 4. The van der Waals surface area contributed by atoms with E-state index in [1.807, 2.05) is 6.07 Å². The fraction of sp³-hybridized carbons (Fsp3) is 0.316. The summed E-state index contributed by atoms with van der Waals surface area (Å²) in [5, 5.41) is 3.38. The van der Waals surface area contributed by atoms with Crippen LogP contribution in [0.2, 0.25) is 5.02 Å². The van der Waals surface area contributed by atoms with Gasteiger partial charge < -0.3 is 5.32 Å². The van der Waals surface area contributed by atoms with Gasteiger partial charge in [0.15, 0.2) is 0 Å². The highest BCUT2D eigenvalue weighted by Crippen LogP contribution is 2.26. The summed E-state index contributed by atoms with van der Waals surface area (Å²) in [6.07, 6.45) is 1.14. The number of benzene rings is 2. The van der Waals surface area contributed by atoms with Gasteiger partial charge in [-0.1, -0.05) is 72.6 Å². The molecule has 0 heterocycles. The van der Waals surface area contributed by atoms with E-state index in [-0.39, 0.29) is 11.3 Å². The van der Waals surface area contributed by atoms with Crippen molar-refractivity contribution in [2.75, 3.05) is 5.32 Å². The number of aryl methyl sites for hydroxylation is 1. The highest BCUT2D eigenvalue weighted by Gasteiger charge is 2.13. The average Bonchev–Trinajstić information content (AvgIpc) is 2.47. The topological polar surface area (TPSA) is 29.1 Å². The molecule has 0 saturated carbocycles. The summed E-state index contributed by atoms with van der Waals surface area (Å²) in [6, 6.07) is 13.9. The Bertz CT molecular complexity index is 690. The normalized spacial score (nSPS) is 11.3. The first-order chi connectivity index (χ1) is 10.8. The van der Waals surface area contributed by atoms with Crippen LogP contribution in [0.25, 0.3) is 0 Å². The number of hydrogen-bond donors (Lipinski definition) is 1. The van der Waals surface area contributed by atoms with Crippen LogP contribution in [0, 0.1) is 0 Å². The first kappa shape index (κ1) is 18.0. The van der Waals surface area contributed by atoms with Gasteiger partial charge in [-0.25, -0.2) is 0 Å². The lowest BCUT2D eigenvalue weighted by Gasteiger charge is -2.19. The molecule has 4 heteroatoms. The molecule has 0 spiro atoms. The van der Waals surface area contributed by atoms with Crippen LogP contribution in [-0.2, 0) is 16.6 Å². The lowest BCUT2D eigenvalue weighted by Crippen LogP contribution is -2.13. The van der Waals surface area contributed by atoms with Crippen molar-refractivity contribution < 1.29 is 4.79 Å². The van der Waals surface area contributed by atoms with Crippen molar-refractivity contribution >= 4 is 39.1 Å². The van der Waals surface area contributed by atoms with E-state index in [0.29, 0.717) is 23.6 Å². The smallest absolute Gasteiger partial charge is 0.224 e. The Morgan fingerprint density at radius 2 is 1.78 bits per heavy atom. The monoisotopic (exact) mass is 393 g/mol. The quantitative estimate of drug-likeness (QED) is 0.680. The zero-order valence-corrected chi connectivity index (χ0v) is 16.0. The van der Waals surface area contributed by atoms with Gasteiger partial charge in [-0.05, 0) is 41.2 Å². The van der Waals surface area contributed by atoms with E-state index < -0.39 is 0 Å². The van der Waals surface area contributed by atoms with Gasteiger partial charge in [-0.15, -0.1) is 0 Å². The standard InChI is InChI=1S/C19H21BrClNO/c1-19(2,3)14-7-4-13(5-8-14)6-11-18(23)22-17-10-9-15(20)12-16(17)21/h4-5,7-10,12H,6,11H2,1-3H3,(H,22,23). The average molecular weight is 395 g/mol. The number of carbonyl (C=O) groups is 1. The van der Waals surface area contributed by atoms with Crippen LogP contribution in [0.15, 0.2) is 46.9 Å². The van der Waals surface area contributed by atoms with Gasteiger partial charge in [-0.3, -0.25) is 4.79 Å². The maximum atomic E-state index is 12.1. The zero-order chi connectivity index (χ0) is 17.0. The highest BCUT2D eigenvalue weighted by molar-refractivity contribution is 9.10. The van der Waals surface area contributed by atoms with Crippen LogP contribution in [-0.4, -0.2) is 5.91 Å². The highest BCUT2D eigenvalue weighted by atomic mass is 79.9. The summed E-state index contributed by atoms with van der Waals surface area (Å²) in [5.74, 6) is -0.0332. The molecule has 1 N–H and O–H groups in total. The molecule has 0 saturated heterocycles. The van der Waals surface area contributed by atoms with Crippen LogP contribution in [0.3, 0.4) is 0 Å². The predicted octanol–water partition coefficient (Wildman–Crippen LogP) is 5.97. The van der Waals surface area contributed by atoms with Gasteiger partial charge in [0.25, 0.3) is 0 Å². The third-order valence-electron chi connectivity index (χ3n) is 3.67. The molecule has 2 aromatic rings. The van der Waals surface area contributed by atoms with E-state index >= 15 is 0 Å². The van der Waals surface area contributed by atoms with Gasteiger partial charge in [0, 0.05) is 10.9 Å². The second-order valence-electron chi connectivity index (χ2n) is 6.62. The molecule has 0 unspecified atom stereocenters. The third-order valence-corrected chi connectivity index (χ3v) is 4.47. The van der Waals surface area contributed by atoms with E-state index in [1.54, 1.807) is 12.1 Å². The Morgan fingerprint density at radius 3 is 2.35 bits per heavy atom. The minimum absolute atomic E-state index is 0.0332. The maximum Gasteiger partial charge on any atom is 0.224 e. The Labute approximate surface area is 151 Å². The number of nitrogens with one attached hydrogen (secondary N) is 1. The van der Waals surface area contributed by atoms with E-state index in [9.17, 15) is 4.79 Å². The van der Waals surface area contributed by atoms with Crippen molar-refractivity contribution in [3.05, 3.63) is 63.1 Å². The van der Waals surface area contributed by atoms with Crippen LogP contribution < -0.4 is 5.32 Å². The molecule has 2 aromatic carbocycles. The summed E-state index contributed by atoms with van der Waals surface area (Å²) >= 11 is 9.45. The molecule has 0 bridgehead atoms. The largest absolute Gasteiger partial charge is 0.325 e. The molecule has 1 amide bonds. The van der Waals surface area contributed by atoms with Crippen LogP contribution in [0.1, 0.15) is 38.3 Å². The van der Waals surface area contributed by atoms with Gasteiger partial charge in [0.05, 0.1) is 10.7 Å². The van der Waals surface area contributed by atoms with Gasteiger partial charge >= 0.3 is 0 Å². The van der Waals surface area contributed by atoms with Crippen molar-refractivity contribution in [2.45, 2.75) is 39.0 Å². The number of amides is 1. The number of halogens is 2. The lowest BCUT2D eigenvalue weighted by atomic mass is 9.86. The van der Waals surface area contributed by atoms with Crippen molar-refractivity contribution in [1.82, 2.24) is 0 Å². The summed E-state index contributed by atoms with van der Waals surface area (Å²) in [5.41, 5.74) is 3.25. The Balaban J connectivity index is 1.91. The van der Waals surface area contributed by atoms with E-state index in [0.717, 1.165) is 10.0 Å².